The Morgan fingerprint density at radius 2 is 2.00 bits per heavy atom. The topological polar surface area (TPSA) is 54.0 Å². The first kappa shape index (κ1) is 14.8. The van der Waals surface area contributed by atoms with Crippen LogP contribution in [0.3, 0.4) is 0 Å². The Balaban J connectivity index is 2.88. The maximum Gasteiger partial charge on any atom is 0.251 e. The number of amides is 1. The lowest BCUT2D eigenvalue weighted by Gasteiger charge is -2.28. The number of pyridine rings is 1. The van der Waals surface area contributed by atoms with Gasteiger partial charge in [-0.3, -0.25) is 4.79 Å². The summed E-state index contributed by atoms with van der Waals surface area (Å²) in [4.78, 5) is 16.1. The number of anilines is 1. The van der Waals surface area contributed by atoms with Gasteiger partial charge in [-0.2, -0.15) is 0 Å². The Morgan fingerprint density at radius 3 is 2.50 bits per heavy atom. The number of aromatic nitrogens is 1. The van der Waals surface area contributed by atoms with E-state index in [1.807, 2.05) is 6.92 Å². The van der Waals surface area contributed by atoms with Gasteiger partial charge in [0.05, 0.1) is 0 Å². The number of nitrogens with one attached hydrogen (secondary N) is 2. The maximum atomic E-state index is 12.1. The first-order valence-corrected chi connectivity index (χ1v) is 6.28. The second-order valence-electron chi connectivity index (χ2n) is 5.37. The molecule has 0 saturated heterocycles. The third-order valence-electron chi connectivity index (χ3n) is 2.96. The molecule has 0 aliphatic carbocycles. The van der Waals surface area contributed by atoms with Crippen molar-refractivity contribution in [1.82, 2.24) is 10.3 Å². The smallest absolute Gasteiger partial charge is 0.251 e. The summed E-state index contributed by atoms with van der Waals surface area (Å²) in [6.45, 7) is 8.23. The lowest BCUT2D eigenvalue weighted by Crippen LogP contribution is -2.41. The van der Waals surface area contributed by atoms with Gasteiger partial charge in [0.25, 0.3) is 5.91 Å². The zero-order valence-electron chi connectivity index (χ0n) is 11.5. The van der Waals surface area contributed by atoms with E-state index in [1.54, 1.807) is 19.2 Å². The van der Waals surface area contributed by atoms with Crippen molar-refractivity contribution in [2.45, 2.75) is 33.7 Å². The van der Waals surface area contributed by atoms with Crippen molar-refractivity contribution in [2.24, 2.45) is 5.41 Å². The summed E-state index contributed by atoms with van der Waals surface area (Å²) in [5.74, 6) is 0.439. The highest BCUT2D eigenvalue weighted by Crippen LogP contribution is 2.20. The molecule has 0 bridgehead atoms. The molecular formula is C13H20ClN3O. The van der Waals surface area contributed by atoms with Crippen molar-refractivity contribution in [2.75, 3.05) is 12.4 Å². The number of carbonyl (C=O) groups excluding carboxylic acids is 1. The Bertz CT molecular complexity index is 440. The monoisotopic (exact) mass is 269 g/mol. The van der Waals surface area contributed by atoms with Gasteiger partial charge in [0.15, 0.2) is 0 Å². The van der Waals surface area contributed by atoms with E-state index >= 15 is 0 Å². The van der Waals surface area contributed by atoms with Gasteiger partial charge in [0.1, 0.15) is 11.0 Å². The highest BCUT2D eigenvalue weighted by Gasteiger charge is 2.22. The Labute approximate surface area is 113 Å². The lowest BCUT2D eigenvalue weighted by molar-refractivity contribution is 0.0910. The number of carbonyl (C=O) groups is 1. The summed E-state index contributed by atoms with van der Waals surface area (Å²) < 4.78 is 0. The zero-order chi connectivity index (χ0) is 13.9. The number of hydrogen-bond donors (Lipinski definition) is 2. The molecule has 1 heterocycles. The van der Waals surface area contributed by atoms with Crippen molar-refractivity contribution >= 4 is 23.3 Å². The van der Waals surface area contributed by atoms with Crippen LogP contribution in [0.1, 0.15) is 38.1 Å². The molecule has 100 valence electrons. The zero-order valence-corrected chi connectivity index (χ0v) is 12.2. The molecular weight excluding hydrogens is 250 g/mol. The highest BCUT2D eigenvalue weighted by molar-refractivity contribution is 6.29. The Kier molecular flexibility index (Phi) is 4.57. The van der Waals surface area contributed by atoms with Crippen molar-refractivity contribution in [3.05, 3.63) is 22.8 Å². The second kappa shape index (κ2) is 5.57. The van der Waals surface area contributed by atoms with E-state index in [4.69, 9.17) is 11.6 Å². The fraction of sp³-hybridized carbons (Fsp3) is 0.538. The van der Waals surface area contributed by atoms with Gasteiger partial charge < -0.3 is 10.6 Å². The molecule has 0 aromatic carbocycles. The quantitative estimate of drug-likeness (QED) is 0.830. The summed E-state index contributed by atoms with van der Waals surface area (Å²) in [6, 6.07) is 3.30. The SMILES string of the molecule is CNc1cc(C(=O)NC(C)C(C)(C)C)cc(Cl)n1. The summed E-state index contributed by atoms with van der Waals surface area (Å²) >= 11 is 5.87. The number of nitrogens with zero attached hydrogens (tertiary/aromatic N) is 1. The molecule has 1 amide bonds. The van der Waals surface area contributed by atoms with Gasteiger partial charge in [-0.1, -0.05) is 32.4 Å². The first-order valence-electron chi connectivity index (χ1n) is 5.90. The largest absolute Gasteiger partial charge is 0.373 e. The van der Waals surface area contributed by atoms with Gasteiger partial charge in [-0.15, -0.1) is 0 Å². The van der Waals surface area contributed by atoms with Crippen LogP contribution in [0.25, 0.3) is 0 Å². The third kappa shape index (κ3) is 3.88. The van der Waals surface area contributed by atoms with E-state index in [1.165, 1.54) is 0 Å². The lowest BCUT2D eigenvalue weighted by atomic mass is 9.88. The molecule has 0 spiro atoms. The minimum Gasteiger partial charge on any atom is -0.373 e. The molecule has 4 nitrogen and oxygen atoms in total. The minimum atomic E-state index is -0.141. The Morgan fingerprint density at radius 1 is 1.39 bits per heavy atom. The number of rotatable bonds is 3. The van der Waals surface area contributed by atoms with Gasteiger partial charge in [0, 0.05) is 18.7 Å². The minimum absolute atomic E-state index is 0.0122. The average Bonchev–Trinajstić information content (AvgIpc) is 2.26. The molecule has 1 aromatic rings. The summed E-state index contributed by atoms with van der Waals surface area (Å²) in [7, 11) is 1.73. The van der Waals surface area contributed by atoms with Crippen LogP contribution in [-0.2, 0) is 0 Å². The van der Waals surface area contributed by atoms with E-state index in [0.29, 0.717) is 16.5 Å². The van der Waals surface area contributed by atoms with Crippen LogP contribution in [0, 0.1) is 5.41 Å². The standard InChI is InChI=1S/C13H20ClN3O/c1-8(13(2,3)4)16-12(18)9-6-10(14)17-11(7-9)15-5/h6-8H,1-5H3,(H,15,17)(H,16,18). The van der Waals surface area contributed by atoms with Crippen molar-refractivity contribution < 1.29 is 4.79 Å². The normalized spacial score (nSPS) is 13.0. The molecule has 0 aliphatic heterocycles. The first-order chi connectivity index (χ1) is 8.24. The van der Waals surface area contributed by atoms with E-state index < -0.39 is 0 Å². The second-order valence-corrected chi connectivity index (χ2v) is 5.76. The van der Waals surface area contributed by atoms with E-state index in [-0.39, 0.29) is 17.4 Å². The fourth-order valence-corrected chi connectivity index (χ4v) is 1.46. The molecule has 0 fully saturated rings. The molecule has 1 rings (SSSR count). The Hall–Kier alpha value is -1.29. The number of halogens is 1. The van der Waals surface area contributed by atoms with E-state index in [2.05, 4.69) is 36.4 Å². The predicted molar refractivity (Wildman–Crippen MR) is 75.2 cm³/mol. The molecule has 5 heteroatoms. The van der Waals surface area contributed by atoms with Crippen LogP contribution in [0.4, 0.5) is 5.82 Å². The van der Waals surface area contributed by atoms with E-state index in [9.17, 15) is 4.79 Å². The van der Waals surface area contributed by atoms with Crippen LogP contribution in [-0.4, -0.2) is 24.0 Å². The summed E-state index contributed by atoms with van der Waals surface area (Å²) in [5.41, 5.74) is 0.522. The van der Waals surface area contributed by atoms with Crippen LogP contribution in [0.2, 0.25) is 5.15 Å². The molecule has 0 aliphatic rings. The van der Waals surface area contributed by atoms with Gasteiger partial charge in [-0.05, 0) is 24.5 Å². The molecule has 1 atom stereocenters. The average molecular weight is 270 g/mol. The summed E-state index contributed by atoms with van der Waals surface area (Å²) in [6.07, 6.45) is 0. The molecule has 0 saturated carbocycles. The van der Waals surface area contributed by atoms with Crippen LogP contribution in [0.5, 0.6) is 0 Å². The molecule has 2 N–H and O–H groups in total. The molecule has 0 radical (unpaired) electrons. The summed E-state index contributed by atoms with van der Waals surface area (Å²) in [5, 5.41) is 6.13. The highest BCUT2D eigenvalue weighted by atomic mass is 35.5. The van der Waals surface area contributed by atoms with E-state index in [0.717, 1.165) is 0 Å². The molecule has 18 heavy (non-hydrogen) atoms. The van der Waals surface area contributed by atoms with Crippen LogP contribution >= 0.6 is 11.6 Å². The van der Waals surface area contributed by atoms with Crippen molar-refractivity contribution in [3.8, 4) is 0 Å². The van der Waals surface area contributed by atoms with Crippen molar-refractivity contribution in [3.63, 3.8) is 0 Å². The van der Waals surface area contributed by atoms with Gasteiger partial charge in [-0.25, -0.2) is 4.98 Å². The predicted octanol–water partition coefficient (Wildman–Crippen LogP) is 2.94. The van der Waals surface area contributed by atoms with Crippen LogP contribution < -0.4 is 10.6 Å². The maximum absolute atomic E-state index is 12.1. The van der Waals surface area contributed by atoms with Crippen molar-refractivity contribution in [1.29, 1.82) is 0 Å². The molecule has 1 unspecified atom stereocenters. The number of hydrogen-bond acceptors (Lipinski definition) is 3. The third-order valence-corrected chi connectivity index (χ3v) is 3.15. The van der Waals surface area contributed by atoms with Gasteiger partial charge in [0.2, 0.25) is 0 Å². The molecule has 1 aromatic heterocycles. The van der Waals surface area contributed by atoms with Gasteiger partial charge >= 0.3 is 0 Å². The fourth-order valence-electron chi connectivity index (χ4n) is 1.25. The van der Waals surface area contributed by atoms with Crippen LogP contribution in [0.15, 0.2) is 12.1 Å².